The van der Waals surface area contributed by atoms with Gasteiger partial charge in [0.25, 0.3) is 0 Å². The van der Waals surface area contributed by atoms with E-state index in [2.05, 4.69) is 20.6 Å². The molecule has 0 unspecified atom stereocenters. The first-order valence-corrected chi connectivity index (χ1v) is 10.8. The largest absolute Gasteiger partial charge is 0.446 e. The number of hydrogen-bond acceptors (Lipinski definition) is 5. The molecular formula is C21H30N6O3. The van der Waals surface area contributed by atoms with E-state index in [1.165, 1.54) is 19.3 Å². The van der Waals surface area contributed by atoms with Crippen molar-refractivity contribution in [2.75, 3.05) is 12.4 Å². The van der Waals surface area contributed by atoms with Crippen molar-refractivity contribution in [1.29, 1.82) is 0 Å². The summed E-state index contributed by atoms with van der Waals surface area (Å²) in [7, 11) is 1.85. The molecule has 2 fully saturated rings. The minimum absolute atomic E-state index is 0.0580. The molecule has 2 N–H and O–H groups in total. The number of carbonyl (C=O) groups is 2. The maximum absolute atomic E-state index is 12.4. The normalized spacial score (nSPS) is 21.6. The van der Waals surface area contributed by atoms with Crippen molar-refractivity contribution in [2.24, 2.45) is 0 Å². The first-order chi connectivity index (χ1) is 14.6. The molecule has 2 amide bonds. The number of anilines is 1. The summed E-state index contributed by atoms with van der Waals surface area (Å²) in [4.78, 5) is 26.2. The third kappa shape index (κ3) is 5.01. The summed E-state index contributed by atoms with van der Waals surface area (Å²) in [5.74, 6) is 0.744. The highest BCUT2D eigenvalue weighted by molar-refractivity contribution is 5.89. The molecule has 2 saturated carbocycles. The number of nitrogens with one attached hydrogen (secondary N) is 2. The lowest BCUT2D eigenvalue weighted by Gasteiger charge is -2.36. The monoisotopic (exact) mass is 414 g/mol. The second kappa shape index (κ2) is 9.32. The zero-order valence-corrected chi connectivity index (χ0v) is 17.4. The topological polar surface area (TPSA) is 105 Å². The SMILES string of the molecule is CN(C(=O)OC1CC(c2cc(NC(=O)CCn3cccn3)[nH]n2)C1)C1CCCCC1. The van der Waals surface area contributed by atoms with Crippen molar-refractivity contribution in [3.63, 3.8) is 0 Å². The lowest BCUT2D eigenvalue weighted by atomic mass is 9.80. The molecule has 4 rings (SSSR count). The molecule has 9 heteroatoms. The molecule has 162 valence electrons. The van der Waals surface area contributed by atoms with E-state index in [4.69, 9.17) is 4.74 Å². The van der Waals surface area contributed by atoms with Gasteiger partial charge >= 0.3 is 6.09 Å². The van der Waals surface area contributed by atoms with Crippen LogP contribution in [0.3, 0.4) is 0 Å². The van der Waals surface area contributed by atoms with E-state index in [0.717, 1.165) is 31.4 Å². The first kappa shape index (κ1) is 20.4. The number of aromatic nitrogens is 4. The summed E-state index contributed by atoms with van der Waals surface area (Å²) in [5, 5.41) is 14.1. The van der Waals surface area contributed by atoms with Gasteiger partial charge in [0.15, 0.2) is 0 Å². The smallest absolute Gasteiger partial charge is 0.410 e. The summed E-state index contributed by atoms with van der Waals surface area (Å²) in [5.41, 5.74) is 0.894. The van der Waals surface area contributed by atoms with Crippen LogP contribution in [-0.4, -0.2) is 56.1 Å². The average molecular weight is 415 g/mol. The summed E-state index contributed by atoms with van der Waals surface area (Å²) in [6.07, 6.45) is 10.9. The van der Waals surface area contributed by atoms with Gasteiger partial charge in [-0.05, 0) is 31.7 Å². The van der Waals surface area contributed by atoms with Crippen LogP contribution in [0.2, 0.25) is 0 Å². The van der Waals surface area contributed by atoms with Crippen LogP contribution in [-0.2, 0) is 16.1 Å². The minimum atomic E-state index is -0.211. The fourth-order valence-electron chi connectivity index (χ4n) is 4.22. The fraction of sp³-hybridized carbons (Fsp3) is 0.619. The number of aryl methyl sites for hydroxylation is 1. The van der Waals surface area contributed by atoms with E-state index in [1.807, 2.05) is 25.4 Å². The number of nitrogens with zero attached hydrogens (tertiary/aromatic N) is 4. The molecule has 0 saturated heterocycles. The predicted octanol–water partition coefficient (Wildman–Crippen LogP) is 3.28. The quantitative estimate of drug-likeness (QED) is 0.723. The van der Waals surface area contributed by atoms with Crippen LogP contribution in [0.25, 0.3) is 0 Å². The third-order valence-electron chi connectivity index (χ3n) is 6.19. The Morgan fingerprint density at radius 1 is 1.30 bits per heavy atom. The van der Waals surface area contributed by atoms with Crippen LogP contribution in [0.5, 0.6) is 0 Å². The van der Waals surface area contributed by atoms with E-state index in [-0.39, 0.29) is 24.0 Å². The molecule has 2 aromatic rings. The van der Waals surface area contributed by atoms with Crippen LogP contribution >= 0.6 is 0 Å². The Labute approximate surface area is 176 Å². The van der Waals surface area contributed by atoms with Crippen molar-refractivity contribution >= 4 is 17.8 Å². The van der Waals surface area contributed by atoms with Gasteiger partial charge in [0.05, 0.1) is 5.69 Å². The van der Waals surface area contributed by atoms with Gasteiger partial charge in [-0.15, -0.1) is 0 Å². The van der Waals surface area contributed by atoms with Crippen LogP contribution in [0.15, 0.2) is 24.5 Å². The van der Waals surface area contributed by atoms with Gasteiger partial charge in [-0.2, -0.15) is 10.2 Å². The van der Waals surface area contributed by atoms with Crippen LogP contribution < -0.4 is 5.32 Å². The fourth-order valence-corrected chi connectivity index (χ4v) is 4.22. The molecule has 2 heterocycles. The highest BCUT2D eigenvalue weighted by Gasteiger charge is 2.36. The number of aromatic amines is 1. The second-order valence-corrected chi connectivity index (χ2v) is 8.35. The van der Waals surface area contributed by atoms with Crippen molar-refractivity contribution in [3.8, 4) is 0 Å². The Hall–Kier alpha value is -2.84. The predicted molar refractivity (Wildman–Crippen MR) is 111 cm³/mol. The molecule has 2 aliphatic carbocycles. The van der Waals surface area contributed by atoms with Crippen molar-refractivity contribution < 1.29 is 14.3 Å². The minimum Gasteiger partial charge on any atom is -0.446 e. The van der Waals surface area contributed by atoms with E-state index >= 15 is 0 Å². The molecule has 30 heavy (non-hydrogen) atoms. The van der Waals surface area contributed by atoms with Gasteiger partial charge < -0.3 is 15.0 Å². The molecule has 0 spiro atoms. The third-order valence-corrected chi connectivity index (χ3v) is 6.19. The molecule has 2 aliphatic rings. The maximum atomic E-state index is 12.4. The van der Waals surface area contributed by atoms with E-state index in [1.54, 1.807) is 15.8 Å². The number of amides is 2. The second-order valence-electron chi connectivity index (χ2n) is 8.35. The number of rotatable bonds is 7. The molecule has 0 bridgehead atoms. The summed E-state index contributed by atoms with van der Waals surface area (Å²) in [6.45, 7) is 0.533. The highest BCUT2D eigenvalue weighted by Crippen LogP contribution is 2.39. The zero-order chi connectivity index (χ0) is 20.9. The number of hydrogen-bond donors (Lipinski definition) is 2. The van der Waals surface area contributed by atoms with Gasteiger partial charge in [-0.25, -0.2) is 4.79 Å². The van der Waals surface area contributed by atoms with E-state index in [9.17, 15) is 9.59 Å². The summed E-state index contributed by atoms with van der Waals surface area (Å²) >= 11 is 0. The van der Waals surface area contributed by atoms with Crippen molar-refractivity contribution in [1.82, 2.24) is 24.9 Å². The Morgan fingerprint density at radius 2 is 2.10 bits per heavy atom. The molecule has 0 atom stereocenters. The van der Waals surface area contributed by atoms with E-state index < -0.39 is 0 Å². The molecule has 0 aliphatic heterocycles. The van der Waals surface area contributed by atoms with Crippen molar-refractivity contribution in [2.45, 2.75) is 76.0 Å². The molecule has 2 aromatic heterocycles. The Morgan fingerprint density at radius 3 is 2.83 bits per heavy atom. The van der Waals surface area contributed by atoms with Gasteiger partial charge in [-0.1, -0.05) is 19.3 Å². The summed E-state index contributed by atoms with van der Waals surface area (Å²) < 4.78 is 7.38. The molecule has 0 radical (unpaired) electrons. The van der Waals surface area contributed by atoms with Gasteiger partial charge in [0.1, 0.15) is 11.9 Å². The molecule has 9 nitrogen and oxygen atoms in total. The van der Waals surface area contributed by atoms with Gasteiger partial charge in [0, 0.05) is 50.4 Å². The number of carbonyl (C=O) groups excluding carboxylic acids is 2. The van der Waals surface area contributed by atoms with Gasteiger partial charge in [0.2, 0.25) is 5.91 Å². The Bertz CT molecular complexity index is 837. The van der Waals surface area contributed by atoms with Crippen LogP contribution in [0.1, 0.15) is 63.0 Å². The Kier molecular flexibility index (Phi) is 6.35. The standard InChI is InChI=1S/C21H30N6O3/c1-26(16-6-3-2-4-7-16)21(29)30-17-12-15(13-17)18-14-19(25-24-18)23-20(28)8-11-27-10-5-9-22-27/h5,9-10,14-17H,2-4,6-8,11-13H2,1H3,(H2,23,24,25,28). The van der Waals surface area contributed by atoms with Crippen LogP contribution in [0.4, 0.5) is 10.6 Å². The lowest BCUT2D eigenvalue weighted by molar-refractivity contribution is -0.116. The first-order valence-electron chi connectivity index (χ1n) is 10.8. The summed E-state index contributed by atoms with van der Waals surface area (Å²) in [6, 6.07) is 4.01. The zero-order valence-electron chi connectivity index (χ0n) is 17.4. The van der Waals surface area contributed by atoms with E-state index in [0.29, 0.717) is 24.8 Å². The lowest BCUT2D eigenvalue weighted by Crippen LogP contribution is -2.42. The molecule has 0 aromatic carbocycles. The van der Waals surface area contributed by atoms with Crippen LogP contribution in [0, 0.1) is 0 Å². The Balaban J connectivity index is 1.18. The number of H-pyrrole nitrogens is 1. The molecular weight excluding hydrogens is 384 g/mol. The average Bonchev–Trinajstić information content (AvgIpc) is 3.41. The number of ether oxygens (including phenoxy) is 1. The van der Waals surface area contributed by atoms with Crippen molar-refractivity contribution in [3.05, 3.63) is 30.2 Å². The maximum Gasteiger partial charge on any atom is 0.410 e. The van der Waals surface area contributed by atoms with Gasteiger partial charge in [-0.3, -0.25) is 14.6 Å². The highest BCUT2D eigenvalue weighted by atomic mass is 16.6.